The van der Waals surface area contributed by atoms with Crippen LogP contribution in [-0.2, 0) is 16.1 Å². The minimum Gasteiger partial charge on any atom is -0.378 e. The second-order valence-electron chi connectivity index (χ2n) is 4.67. The molecule has 1 amide bonds. The van der Waals surface area contributed by atoms with Crippen LogP contribution in [0.2, 0.25) is 0 Å². The van der Waals surface area contributed by atoms with E-state index in [9.17, 15) is 4.79 Å². The number of hydrogen-bond acceptors (Lipinski definition) is 4. The molecule has 0 spiro atoms. The molecule has 2 rings (SSSR count). The van der Waals surface area contributed by atoms with E-state index in [0.29, 0.717) is 32.8 Å². The summed E-state index contributed by atoms with van der Waals surface area (Å²) in [5.74, 6) is 5.49. The zero-order chi connectivity index (χ0) is 14.4. The van der Waals surface area contributed by atoms with Crippen LogP contribution in [0.25, 0.3) is 0 Å². The van der Waals surface area contributed by atoms with Crippen molar-refractivity contribution in [2.24, 2.45) is 11.5 Å². The van der Waals surface area contributed by atoms with E-state index in [4.69, 9.17) is 16.2 Å². The van der Waals surface area contributed by atoms with Gasteiger partial charge in [0.1, 0.15) is 6.04 Å². The molecule has 1 atom stereocenters. The van der Waals surface area contributed by atoms with Crippen molar-refractivity contribution in [3.63, 3.8) is 0 Å². The number of nitrogens with two attached hydrogens (primary N) is 2. The van der Waals surface area contributed by atoms with Gasteiger partial charge in [-0.2, -0.15) is 0 Å². The summed E-state index contributed by atoms with van der Waals surface area (Å²) >= 11 is 0. The number of carbonyl (C=O) groups excluding carboxylic acids is 1. The number of ether oxygens (including phenoxy) is 1. The van der Waals surface area contributed by atoms with E-state index in [0.717, 1.165) is 11.1 Å². The van der Waals surface area contributed by atoms with Gasteiger partial charge in [0.2, 0.25) is 5.91 Å². The highest BCUT2D eigenvalue weighted by Crippen LogP contribution is 2.13. The Labute approximate surface area is 118 Å². The predicted molar refractivity (Wildman–Crippen MR) is 76.6 cm³/mol. The van der Waals surface area contributed by atoms with Gasteiger partial charge in [0, 0.05) is 18.7 Å². The third-order valence-electron chi connectivity index (χ3n) is 3.22. The van der Waals surface area contributed by atoms with Crippen LogP contribution in [0.4, 0.5) is 0 Å². The van der Waals surface area contributed by atoms with Gasteiger partial charge < -0.3 is 16.2 Å². The SMILES string of the molecule is NCC#Cc1cccc(CN2CCOCC2C(N)=O)c1. The van der Waals surface area contributed by atoms with E-state index in [1.807, 2.05) is 29.2 Å². The Hall–Kier alpha value is -1.87. The lowest BCUT2D eigenvalue weighted by Gasteiger charge is -2.33. The van der Waals surface area contributed by atoms with Crippen LogP contribution in [0.15, 0.2) is 24.3 Å². The van der Waals surface area contributed by atoms with E-state index >= 15 is 0 Å². The summed E-state index contributed by atoms with van der Waals surface area (Å²) in [5.41, 5.74) is 12.8. The third-order valence-corrected chi connectivity index (χ3v) is 3.22. The molecule has 1 fully saturated rings. The van der Waals surface area contributed by atoms with Crippen LogP contribution < -0.4 is 11.5 Å². The minimum atomic E-state index is -0.359. The second-order valence-corrected chi connectivity index (χ2v) is 4.67. The molecule has 1 aliphatic heterocycles. The van der Waals surface area contributed by atoms with Crippen molar-refractivity contribution in [1.29, 1.82) is 0 Å². The molecule has 1 unspecified atom stereocenters. The molecule has 0 saturated carbocycles. The summed E-state index contributed by atoms with van der Waals surface area (Å²) in [6.07, 6.45) is 0. The highest BCUT2D eigenvalue weighted by Gasteiger charge is 2.27. The van der Waals surface area contributed by atoms with Crippen LogP contribution in [0.1, 0.15) is 11.1 Å². The Morgan fingerprint density at radius 3 is 3.10 bits per heavy atom. The van der Waals surface area contributed by atoms with Gasteiger partial charge in [-0.1, -0.05) is 24.0 Å². The van der Waals surface area contributed by atoms with E-state index in [1.54, 1.807) is 0 Å². The molecular formula is C15H19N3O2. The van der Waals surface area contributed by atoms with E-state index in [-0.39, 0.29) is 11.9 Å². The van der Waals surface area contributed by atoms with E-state index < -0.39 is 0 Å². The number of morpholine rings is 1. The molecule has 0 aliphatic carbocycles. The molecule has 5 heteroatoms. The van der Waals surface area contributed by atoms with E-state index in [2.05, 4.69) is 11.8 Å². The summed E-state index contributed by atoms with van der Waals surface area (Å²) in [5, 5.41) is 0. The van der Waals surface area contributed by atoms with Crippen molar-refractivity contribution in [3.05, 3.63) is 35.4 Å². The lowest BCUT2D eigenvalue weighted by molar-refractivity contribution is -0.129. The second kappa shape index (κ2) is 7.06. The molecule has 0 radical (unpaired) electrons. The van der Waals surface area contributed by atoms with Gasteiger partial charge in [0.25, 0.3) is 0 Å². The van der Waals surface area contributed by atoms with Crippen LogP contribution in [0, 0.1) is 11.8 Å². The molecule has 1 saturated heterocycles. The number of nitrogens with zero attached hydrogens (tertiary/aromatic N) is 1. The topological polar surface area (TPSA) is 81.6 Å². The largest absolute Gasteiger partial charge is 0.378 e. The number of amides is 1. The van der Waals surface area contributed by atoms with Gasteiger partial charge in [-0.3, -0.25) is 9.69 Å². The number of primary amides is 1. The standard InChI is InChI=1S/C15H19N3O2/c16-6-2-5-12-3-1-4-13(9-12)10-18-7-8-20-11-14(18)15(17)19/h1,3-4,9,14H,6-8,10-11,16H2,(H2,17,19). The Morgan fingerprint density at radius 1 is 1.50 bits per heavy atom. The Kier molecular flexibility index (Phi) is 5.13. The van der Waals surface area contributed by atoms with Crippen molar-refractivity contribution < 1.29 is 9.53 Å². The van der Waals surface area contributed by atoms with Gasteiger partial charge in [-0.15, -0.1) is 0 Å². The molecular weight excluding hydrogens is 254 g/mol. The first-order valence-electron chi connectivity index (χ1n) is 6.59. The monoisotopic (exact) mass is 273 g/mol. The number of rotatable bonds is 3. The fraction of sp³-hybridized carbons (Fsp3) is 0.400. The first-order valence-corrected chi connectivity index (χ1v) is 6.59. The van der Waals surface area contributed by atoms with Gasteiger partial charge >= 0.3 is 0 Å². The highest BCUT2D eigenvalue weighted by molar-refractivity contribution is 5.80. The molecule has 1 aromatic rings. The summed E-state index contributed by atoms with van der Waals surface area (Å²) in [6, 6.07) is 7.56. The predicted octanol–water partition coefficient (Wildman–Crippen LogP) is -0.317. The van der Waals surface area contributed by atoms with Crippen LogP contribution >= 0.6 is 0 Å². The molecule has 4 N–H and O–H groups in total. The fourth-order valence-corrected chi connectivity index (χ4v) is 2.22. The van der Waals surface area contributed by atoms with Crippen LogP contribution in [-0.4, -0.2) is 43.2 Å². The maximum Gasteiger partial charge on any atom is 0.237 e. The zero-order valence-corrected chi connectivity index (χ0v) is 11.3. The van der Waals surface area contributed by atoms with Crippen molar-refractivity contribution in [2.75, 3.05) is 26.3 Å². The molecule has 0 bridgehead atoms. The zero-order valence-electron chi connectivity index (χ0n) is 11.3. The average Bonchev–Trinajstić information content (AvgIpc) is 2.46. The maximum atomic E-state index is 11.4. The molecule has 20 heavy (non-hydrogen) atoms. The van der Waals surface area contributed by atoms with Gasteiger partial charge in [0.15, 0.2) is 0 Å². The van der Waals surface area contributed by atoms with Gasteiger partial charge in [0.05, 0.1) is 19.8 Å². The van der Waals surface area contributed by atoms with Gasteiger partial charge in [-0.05, 0) is 17.7 Å². The molecule has 0 aromatic heterocycles. The summed E-state index contributed by atoms with van der Waals surface area (Å²) in [7, 11) is 0. The molecule has 5 nitrogen and oxygen atoms in total. The van der Waals surface area contributed by atoms with E-state index in [1.165, 1.54) is 0 Å². The summed E-state index contributed by atoms with van der Waals surface area (Å²) in [4.78, 5) is 13.5. The molecule has 106 valence electrons. The lowest BCUT2D eigenvalue weighted by atomic mass is 10.1. The molecule has 1 aliphatic rings. The average molecular weight is 273 g/mol. The van der Waals surface area contributed by atoms with Crippen molar-refractivity contribution in [3.8, 4) is 11.8 Å². The third kappa shape index (κ3) is 3.81. The van der Waals surface area contributed by atoms with Crippen molar-refractivity contribution in [1.82, 2.24) is 4.90 Å². The first kappa shape index (κ1) is 14.5. The fourth-order valence-electron chi connectivity index (χ4n) is 2.22. The highest BCUT2D eigenvalue weighted by atomic mass is 16.5. The first-order chi connectivity index (χ1) is 9.70. The number of benzene rings is 1. The maximum absolute atomic E-state index is 11.4. The minimum absolute atomic E-state index is 0.344. The summed E-state index contributed by atoms with van der Waals surface area (Å²) in [6.45, 7) is 2.69. The number of carbonyl (C=O) groups is 1. The Morgan fingerprint density at radius 2 is 2.35 bits per heavy atom. The van der Waals surface area contributed by atoms with Crippen molar-refractivity contribution >= 4 is 5.91 Å². The van der Waals surface area contributed by atoms with Crippen molar-refractivity contribution in [2.45, 2.75) is 12.6 Å². The molecule has 1 heterocycles. The molecule has 1 aromatic carbocycles. The van der Waals surface area contributed by atoms with Crippen LogP contribution in [0.3, 0.4) is 0 Å². The Balaban J connectivity index is 2.10. The quantitative estimate of drug-likeness (QED) is 0.740. The van der Waals surface area contributed by atoms with Crippen LogP contribution in [0.5, 0.6) is 0 Å². The number of hydrogen-bond donors (Lipinski definition) is 2. The normalized spacial score (nSPS) is 19.1. The summed E-state index contributed by atoms with van der Waals surface area (Å²) < 4.78 is 5.31. The van der Waals surface area contributed by atoms with Gasteiger partial charge in [-0.25, -0.2) is 0 Å². The lowest BCUT2D eigenvalue weighted by Crippen LogP contribution is -2.51. The Bertz CT molecular complexity index is 533. The smallest absolute Gasteiger partial charge is 0.237 e.